The van der Waals surface area contributed by atoms with Gasteiger partial charge in [0.2, 0.25) is 0 Å². The van der Waals surface area contributed by atoms with E-state index in [9.17, 15) is 14.7 Å². The van der Waals surface area contributed by atoms with Crippen molar-refractivity contribution in [3.05, 3.63) is 40.3 Å². The van der Waals surface area contributed by atoms with E-state index in [1.54, 1.807) is 23.1 Å². The van der Waals surface area contributed by atoms with Gasteiger partial charge in [-0.15, -0.1) is 0 Å². The molecule has 0 radical (unpaired) electrons. The molecule has 0 atom stereocenters. The first-order valence-electron chi connectivity index (χ1n) is 7.42. The third kappa shape index (κ3) is 4.01. The maximum atomic E-state index is 12.6. The summed E-state index contributed by atoms with van der Waals surface area (Å²) in [5.41, 5.74) is 0.878. The minimum atomic E-state index is -1.21. The number of rotatable bonds is 4. The zero-order chi connectivity index (χ0) is 17.1. The number of nitrogens with zero attached hydrogens (tertiary/aromatic N) is 2. The molecule has 0 aromatic heterocycles. The van der Waals surface area contributed by atoms with Gasteiger partial charge in [0.05, 0.1) is 10.9 Å². The summed E-state index contributed by atoms with van der Waals surface area (Å²) < 4.78 is 0. The predicted molar refractivity (Wildman–Crippen MR) is 90.9 cm³/mol. The molecule has 1 aromatic rings. The molecular formula is C17H19N2O3S-. The van der Waals surface area contributed by atoms with Crippen molar-refractivity contribution in [2.45, 2.75) is 39.8 Å². The minimum absolute atomic E-state index is 0.0267. The highest BCUT2D eigenvalue weighted by Gasteiger charge is 2.35. The standard InChI is InChI=1S/C17H20N2O3S/c1-10(2)18-17-19(11(3)4)15(20)14(23-17)9-12-5-7-13(8-6-12)16(21)22/h5-11H,1-4H3,(H,21,22)/p-1/b14-9+,18-17?. The molecule has 0 N–H and O–H groups in total. The van der Waals surface area contributed by atoms with E-state index in [1.165, 1.54) is 23.9 Å². The number of thioether (sulfide) groups is 1. The van der Waals surface area contributed by atoms with Gasteiger partial charge >= 0.3 is 0 Å². The molecule has 1 saturated heterocycles. The van der Waals surface area contributed by atoms with Gasteiger partial charge in [-0.1, -0.05) is 24.3 Å². The van der Waals surface area contributed by atoms with E-state index in [2.05, 4.69) is 4.99 Å². The Morgan fingerprint density at radius 2 is 1.83 bits per heavy atom. The summed E-state index contributed by atoms with van der Waals surface area (Å²) >= 11 is 1.35. The van der Waals surface area contributed by atoms with Gasteiger partial charge in [-0.25, -0.2) is 0 Å². The number of hydrogen-bond donors (Lipinski definition) is 0. The molecule has 1 fully saturated rings. The molecule has 5 nitrogen and oxygen atoms in total. The molecule has 2 rings (SSSR count). The predicted octanol–water partition coefficient (Wildman–Crippen LogP) is 2.14. The SMILES string of the molecule is CC(C)N=C1S/C(=C/c2ccc(C(=O)[O-])cc2)C(=O)N1C(C)C. The van der Waals surface area contributed by atoms with Gasteiger partial charge in [0.15, 0.2) is 5.17 Å². The Balaban J connectivity index is 2.32. The Hall–Kier alpha value is -2.08. The van der Waals surface area contributed by atoms with Gasteiger partial charge in [-0.2, -0.15) is 0 Å². The van der Waals surface area contributed by atoms with Gasteiger partial charge in [-0.3, -0.25) is 14.7 Å². The topological polar surface area (TPSA) is 72.8 Å². The third-order valence-corrected chi connectivity index (χ3v) is 4.16. The first-order valence-corrected chi connectivity index (χ1v) is 8.23. The number of amides is 1. The largest absolute Gasteiger partial charge is 0.545 e. The summed E-state index contributed by atoms with van der Waals surface area (Å²) in [5, 5.41) is 11.5. The fraction of sp³-hybridized carbons (Fsp3) is 0.353. The van der Waals surface area contributed by atoms with Crippen molar-refractivity contribution in [1.29, 1.82) is 0 Å². The zero-order valence-electron chi connectivity index (χ0n) is 13.6. The molecule has 1 amide bonds. The Morgan fingerprint density at radius 3 is 2.30 bits per heavy atom. The molecule has 0 saturated carbocycles. The molecule has 1 heterocycles. The molecule has 122 valence electrons. The summed E-state index contributed by atoms with van der Waals surface area (Å²) in [6.07, 6.45) is 1.75. The number of carbonyl (C=O) groups is 2. The van der Waals surface area contributed by atoms with Crippen LogP contribution < -0.4 is 5.11 Å². The van der Waals surface area contributed by atoms with Crippen LogP contribution in [-0.4, -0.2) is 34.0 Å². The average Bonchev–Trinajstić information content (AvgIpc) is 2.74. The van der Waals surface area contributed by atoms with Crippen molar-refractivity contribution < 1.29 is 14.7 Å². The van der Waals surface area contributed by atoms with Crippen molar-refractivity contribution in [1.82, 2.24) is 4.90 Å². The van der Waals surface area contributed by atoms with Gasteiger partial charge in [0.25, 0.3) is 5.91 Å². The van der Waals surface area contributed by atoms with E-state index in [-0.39, 0.29) is 23.6 Å². The molecule has 1 aliphatic rings. The van der Waals surface area contributed by atoms with Crippen LogP contribution >= 0.6 is 11.8 Å². The quantitative estimate of drug-likeness (QED) is 0.792. The lowest BCUT2D eigenvalue weighted by molar-refractivity contribution is -0.255. The highest BCUT2D eigenvalue weighted by Crippen LogP contribution is 2.34. The highest BCUT2D eigenvalue weighted by atomic mass is 32.2. The van der Waals surface area contributed by atoms with Crippen molar-refractivity contribution in [3.63, 3.8) is 0 Å². The van der Waals surface area contributed by atoms with Gasteiger partial charge in [0, 0.05) is 12.1 Å². The van der Waals surface area contributed by atoms with Gasteiger partial charge in [0.1, 0.15) is 0 Å². The van der Waals surface area contributed by atoms with Gasteiger partial charge < -0.3 is 9.90 Å². The molecule has 0 unspecified atom stereocenters. The van der Waals surface area contributed by atoms with Crippen LogP contribution in [0.4, 0.5) is 0 Å². The number of aliphatic imine (C=N–C) groups is 1. The Morgan fingerprint density at radius 1 is 1.22 bits per heavy atom. The normalized spacial score (nSPS) is 18.7. The molecule has 1 aliphatic heterocycles. The number of hydrogen-bond acceptors (Lipinski definition) is 5. The van der Waals surface area contributed by atoms with E-state index >= 15 is 0 Å². The van der Waals surface area contributed by atoms with Crippen LogP contribution in [0.3, 0.4) is 0 Å². The summed E-state index contributed by atoms with van der Waals surface area (Å²) in [4.78, 5) is 30.1. The number of benzene rings is 1. The van der Waals surface area contributed by atoms with E-state index < -0.39 is 5.97 Å². The Labute approximate surface area is 140 Å². The van der Waals surface area contributed by atoms with E-state index in [0.717, 1.165) is 5.56 Å². The van der Waals surface area contributed by atoms with Crippen LogP contribution in [-0.2, 0) is 4.79 Å². The molecule has 0 spiro atoms. The zero-order valence-corrected chi connectivity index (χ0v) is 14.4. The lowest BCUT2D eigenvalue weighted by atomic mass is 10.1. The number of carboxylic acid groups (broad SMARTS) is 1. The molecule has 1 aromatic carbocycles. The molecule has 0 aliphatic carbocycles. The third-order valence-electron chi connectivity index (χ3n) is 3.17. The van der Waals surface area contributed by atoms with E-state index in [4.69, 9.17) is 0 Å². The van der Waals surface area contributed by atoms with Crippen molar-refractivity contribution in [2.75, 3.05) is 0 Å². The van der Waals surface area contributed by atoms with Crippen LogP contribution in [0.1, 0.15) is 43.6 Å². The number of aromatic carboxylic acids is 1. The highest BCUT2D eigenvalue weighted by molar-refractivity contribution is 8.18. The minimum Gasteiger partial charge on any atom is -0.545 e. The van der Waals surface area contributed by atoms with Crippen LogP contribution in [0.15, 0.2) is 34.2 Å². The molecule has 0 bridgehead atoms. The van der Waals surface area contributed by atoms with E-state index in [1.807, 2.05) is 27.7 Å². The number of amidine groups is 1. The fourth-order valence-corrected chi connectivity index (χ4v) is 3.35. The lowest BCUT2D eigenvalue weighted by Gasteiger charge is -2.20. The average molecular weight is 331 g/mol. The van der Waals surface area contributed by atoms with Crippen molar-refractivity contribution in [2.24, 2.45) is 4.99 Å². The molecule has 6 heteroatoms. The van der Waals surface area contributed by atoms with Crippen LogP contribution in [0, 0.1) is 0 Å². The maximum Gasteiger partial charge on any atom is 0.266 e. The fourth-order valence-electron chi connectivity index (χ4n) is 2.12. The van der Waals surface area contributed by atoms with Crippen molar-refractivity contribution in [3.8, 4) is 0 Å². The second-order valence-electron chi connectivity index (χ2n) is 5.79. The second kappa shape index (κ2) is 7.00. The monoisotopic (exact) mass is 331 g/mol. The Bertz CT molecular complexity index is 676. The van der Waals surface area contributed by atoms with Crippen LogP contribution in [0.5, 0.6) is 0 Å². The van der Waals surface area contributed by atoms with E-state index in [0.29, 0.717) is 10.1 Å². The van der Waals surface area contributed by atoms with Crippen LogP contribution in [0.25, 0.3) is 6.08 Å². The maximum absolute atomic E-state index is 12.6. The number of carbonyl (C=O) groups excluding carboxylic acids is 2. The first-order chi connectivity index (χ1) is 10.8. The lowest BCUT2D eigenvalue weighted by Crippen LogP contribution is -2.35. The smallest absolute Gasteiger partial charge is 0.266 e. The Kier molecular flexibility index (Phi) is 5.26. The first kappa shape index (κ1) is 17.3. The summed E-state index contributed by atoms with van der Waals surface area (Å²) in [7, 11) is 0. The molecular weight excluding hydrogens is 312 g/mol. The number of carboxylic acids is 1. The molecule has 23 heavy (non-hydrogen) atoms. The van der Waals surface area contributed by atoms with Gasteiger partial charge in [-0.05, 0) is 56.7 Å². The second-order valence-corrected chi connectivity index (χ2v) is 6.80. The van der Waals surface area contributed by atoms with Crippen LogP contribution in [0.2, 0.25) is 0 Å². The summed E-state index contributed by atoms with van der Waals surface area (Å²) in [5.74, 6) is -1.29. The van der Waals surface area contributed by atoms with Crippen molar-refractivity contribution >= 4 is 34.9 Å². The summed E-state index contributed by atoms with van der Waals surface area (Å²) in [6, 6.07) is 6.38. The summed E-state index contributed by atoms with van der Waals surface area (Å²) in [6.45, 7) is 7.84.